The quantitative estimate of drug-likeness (QED) is 0.331. The summed E-state index contributed by atoms with van der Waals surface area (Å²) in [6.07, 6.45) is 0. The fourth-order valence-electron chi connectivity index (χ4n) is 4.01. The molecule has 5 rings (SSSR count). The van der Waals surface area contributed by atoms with E-state index in [4.69, 9.17) is 4.74 Å². The Morgan fingerprint density at radius 1 is 0.586 bits per heavy atom. The van der Waals surface area contributed by atoms with Crippen molar-refractivity contribution in [3.8, 4) is 33.8 Å². The van der Waals surface area contributed by atoms with Crippen LogP contribution in [0.5, 0.6) is 5.75 Å². The van der Waals surface area contributed by atoms with Gasteiger partial charge in [-0.3, -0.25) is 0 Å². The topological polar surface area (TPSA) is 14.2 Å². The molecule has 0 amide bonds. The first-order valence-electron chi connectivity index (χ1n) is 9.75. The van der Waals surface area contributed by atoms with Gasteiger partial charge in [0.25, 0.3) is 0 Å². The predicted molar refractivity (Wildman–Crippen MR) is 121 cm³/mol. The van der Waals surface area contributed by atoms with Gasteiger partial charge in [-0.15, -0.1) is 0 Å². The molecule has 0 fully saturated rings. The highest BCUT2D eigenvalue weighted by atomic mass is 16.5. The first kappa shape index (κ1) is 17.3. The normalized spacial score (nSPS) is 10.9. The van der Waals surface area contributed by atoms with Crippen molar-refractivity contribution in [1.82, 2.24) is 4.57 Å². The van der Waals surface area contributed by atoms with Crippen LogP contribution in [-0.2, 0) is 0 Å². The van der Waals surface area contributed by atoms with Crippen molar-refractivity contribution in [3.63, 3.8) is 0 Å². The number of fused-ring (bicyclic) bond motifs is 1. The summed E-state index contributed by atoms with van der Waals surface area (Å²) < 4.78 is 7.73. The number of hydrogen-bond acceptors (Lipinski definition) is 1. The van der Waals surface area contributed by atoms with E-state index in [1.165, 1.54) is 33.3 Å². The van der Waals surface area contributed by atoms with Gasteiger partial charge in [-0.25, -0.2) is 0 Å². The molecular formula is C27H21NO. The second-order valence-electron chi connectivity index (χ2n) is 7.01. The number of rotatable bonds is 4. The van der Waals surface area contributed by atoms with Gasteiger partial charge in [0.05, 0.1) is 18.3 Å². The van der Waals surface area contributed by atoms with Gasteiger partial charge in [-0.2, -0.15) is 0 Å². The van der Waals surface area contributed by atoms with Gasteiger partial charge in [0, 0.05) is 16.6 Å². The number of aromatic nitrogens is 1. The molecular weight excluding hydrogens is 354 g/mol. The fraction of sp³-hybridized carbons (Fsp3) is 0.0370. The van der Waals surface area contributed by atoms with Crippen LogP contribution in [0.3, 0.4) is 0 Å². The van der Waals surface area contributed by atoms with Gasteiger partial charge >= 0.3 is 0 Å². The predicted octanol–water partition coefficient (Wildman–Crippen LogP) is 6.97. The highest BCUT2D eigenvalue weighted by Crippen LogP contribution is 2.42. The molecule has 2 heteroatoms. The largest absolute Gasteiger partial charge is 0.497 e. The van der Waals surface area contributed by atoms with E-state index in [9.17, 15) is 0 Å². The Kier molecular flexibility index (Phi) is 4.38. The fourth-order valence-corrected chi connectivity index (χ4v) is 4.01. The van der Waals surface area contributed by atoms with Crippen molar-refractivity contribution in [2.24, 2.45) is 0 Å². The van der Waals surface area contributed by atoms with Crippen LogP contribution < -0.4 is 4.74 Å². The highest BCUT2D eigenvalue weighted by Gasteiger charge is 2.20. The lowest BCUT2D eigenvalue weighted by molar-refractivity contribution is 0.415. The number of para-hydroxylation sites is 1. The summed E-state index contributed by atoms with van der Waals surface area (Å²) in [6, 6.07) is 38.1. The summed E-state index contributed by atoms with van der Waals surface area (Å²) in [5.41, 5.74) is 7.16. The number of benzene rings is 4. The van der Waals surface area contributed by atoms with Crippen molar-refractivity contribution < 1.29 is 4.74 Å². The Hall–Kier alpha value is -3.78. The average molecular weight is 375 g/mol. The number of ether oxygens (including phenoxy) is 1. The van der Waals surface area contributed by atoms with E-state index in [-0.39, 0.29) is 0 Å². The maximum atomic E-state index is 5.37. The second kappa shape index (κ2) is 7.33. The summed E-state index contributed by atoms with van der Waals surface area (Å²) in [4.78, 5) is 0. The maximum absolute atomic E-state index is 5.37. The van der Waals surface area contributed by atoms with E-state index >= 15 is 0 Å². The number of nitrogens with zero attached hydrogens (tertiary/aromatic N) is 1. The van der Waals surface area contributed by atoms with Gasteiger partial charge in [0.1, 0.15) is 5.75 Å². The van der Waals surface area contributed by atoms with E-state index in [1.807, 2.05) is 12.1 Å². The Morgan fingerprint density at radius 3 is 1.83 bits per heavy atom. The molecule has 1 heterocycles. The molecule has 0 aliphatic heterocycles. The minimum Gasteiger partial charge on any atom is -0.497 e. The van der Waals surface area contributed by atoms with E-state index in [1.54, 1.807) is 7.11 Å². The molecule has 5 aromatic rings. The van der Waals surface area contributed by atoms with Crippen LogP contribution in [0.4, 0.5) is 0 Å². The van der Waals surface area contributed by atoms with Crippen LogP contribution in [0.1, 0.15) is 0 Å². The van der Waals surface area contributed by atoms with Crippen molar-refractivity contribution in [1.29, 1.82) is 0 Å². The van der Waals surface area contributed by atoms with Crippen LogP contribution >= 0.6 is 0 Å². The van der Waals surface area contributed by atoms with Gasteiger partial charge < -0.3 is 9.30 Å². The molecule has 0 aliphatic rings. The minimum absolute atomic E-state index is 0.856. The van der Waals surface area contributed by atoms with Crippen LogP contribution in [0.2, 0.25) is 0 Å². The summed E-state index contributed by atoms with van der Waals surface area (Å²) in [7, 11) is 1.70. The zero-order chi connectivity index (χ0) is 19.6. The van der Waals surface area contributed by atoms with Crippen LogP contribution in [0.25, 0.3) is 39.0 Å². The molecule has 0 N–H and O–H groups in total. The standard InChI is InChI=1S/C27H21NO/c1-29-23-18-16-22(17-19-23)28-25-15-9-8-14-24(25)26(20-10-4-2-5-11-20)27(28)21-12-6-3-7-13-21/h2-19H,1H3. The van der Waals surface area contributed by atoms with Crippen molar-refractivity contribution in [2.45, 2.75) is 0 Å². The zero-order valence-corrected chi connectivity index (χ0v) is 16.2. The van der Waals surface area contributed by atoms with Gasteiger partial charge in [0.2, 0.25) is 0 Å². The molecule has 29 heavy (non-hydrogen) atoms. The smallest absolute Gasteiger partial charge is 0.119 e. The SMILES string of the molecule is COc1ccc(-n2c(-c3ccccc3)c(-c3ccccc3)c3ccccc32)cc1. The molecule has 0 saturated carbocycles. The van der Waals surface area contributed by atoms with Crippen LogP contribution in [0, 0.1) is 0 Å². The monoisotopic (exact) mass is 375 g/mol. The second-order valence-corrected chi connectivity index (χ2v) is 7.01. The summed E-state index contributed by atoms with van der Waals surface area (Å²) in [6.45, 7) is 0. The molecule has 0 atom stereocenters. The lowest BCUT2D eigenvalue weighted by Gasteiger charge is -2.14. The van der Waals surface area contributed by atoms with E-state index in [0.29, 0.717) is 0 Å². The third-order valence-corrected chi connectivity index (χ3v) is 5.32. The highest BCUT2D eigenvalue weighted by molar-refractivity contribution is 6.05. The average Bonchev–Trinajstić information content (AvgIpc) is 3.15. The third-order valence-electron chi connectivity index (χ3n) is 5.32. The van der Waals surface area contributed by atoms with Gasteiger partial charge in [0.15, 0.2) is 0 Å². The third kappa shape index (κ3) is 2.99. The Balaban J connectivity index is 1.91. The molecule has 0 bridgehead atoms. The Labute approximate surface area is 170 Å². The van der Waals surface area contributed by atoms with Crippen LogP contribution in [0.15, 0.2) is 109 Å². The maximum Gasteiger partial charge on any atom is 0.119 e. The van der Waals surface area contributed by atoms with E-state index < -0.39 is 0 Å². The van der Waals surface area contributed by atoms with Crippen molar-refractivity contribution >= 4 is 10.9 Å². The van der Waals surface area contributed by atoms with E-state index in [2.05, 4.69) is 102 Å². The summed E-state index contributed by atoms with van der Waals surface area (Å²) >= 11 is 0. The Bertz CT molecular complexity index is 1250. The lowest BCUT2D eigenvalue weighted by Crippen LogP contribution is -1.97. The summed E-state index contributed by atoms with van der Waals surface area (Å²) in [5, 5.41) is 1.24. The molecule has 0 radical (unpaired) electrons. The number of hydrogen-bond donors (Lipinski definition) is 0. The first-order valence-corrected chi connectivity index (χ1v) is 9.75. The molecule has 4 aromatic carbocycles. The van der Waals surface area contributed by atoms with Gasteiger partial charge in [-0.05, 0) is 41.5 Å². The first-order chi connectivity index (χ1) is 14.4. The minimum atomic E-state index is 0.856. The molecule has 0 saturated heterocycles. The molecule has 140 valence electrons. The number of methoxy groups -OCH3 is 1. The Morgan fingerprint density at radius 2 is 1.17 bits per heavy atom. The molecule has 0 aliphatic carbocycles. The van der Waals surface area contributed by atoms with Crippen molar-refractivity contribution in [3.05, 3.63) is 109 Å². The molecule has 0 unspecified atom stereocenters. The lowest BCUT2D eigenvalue weighted by atomic mass is 9.98. The van der Waals surface area contributed by atoms with Crippen molar-refractivity contribution in [2.75, 3.05) is 7.11 Å². The zero-order valence-electron chi connectivity index (χ0n) is 16.2. The van der Waals surface area contributed by atoms with Gasteiger partial charge in [-0.1, -0.05) is 78.9 Å². The molecule has 0 spiro atoms. The van der Waals surface area contributed by atoms with Crippen LogP contribution in [-0.4, -0.2) is 11.7 Å². The molecule has 2 nitrogen and oxygen atoms in total. The summed E-state index contributed by atoms with van der Waals surface area (Å²) in [5.74, 6) is 0.856. The molecule has 1 aromatic heterocycles. The van der Waals surface area contributed by atoms with E-state index in [0.717, 1.165) is 11.4 Å².